The molecule has 0 amide bonds. The third kappa shape index (κ3) is 7.47. The van der Waals surface area contributed by atoms with Gasteiger partial charge in [-0.25, -0.2) is 0 Å². The first-order chi connectivity index (χ1) is 21.8. The van der Waals surface area contributed by atoms with Crippen LogP contribution in [-0.2, 0) is 26.4 Å². The Morgan fingerprint density at radius 1 is 0.250 bits per heavy atom. The lowest BCUT2D eigenvalue weighted by Gasteiger charge is -2.22. The average molecular weight is 579 g/mol. The van der Waals surface area contributed by atoms with Crippen molar-refractivity contribution in [3.63, 3.8) is 0 Å². The third-order valence-electron chi connectivity index (χ3n) is 7.17. The molecule has 218 valence electrons. The van der Waals surface area contributed by atoms with E-state index in [9.17, 15) is 0 Å². The highest BCUT2D eigenvalue weighted by molar-refractivity contribution is 5.85. The van der Waals surface area contributed by atoms with Crippen molar-refractivity contribution < 1.29 is 18.9 Å². The van der Waals surface area contributed by atoms with Gasteiger partial charge in [0.05, 0.1) is 11.1 Å². The quantitative estimate of drug-likeness (QED) is 0.137. The summed E-state index contributed by atoms with van der Waals surface area (Å²) in [5.41, 5.74) is 5.86. The predicted octanol–water partition coefficient (Wildman–Crippen LogP) is 9.67. The molecule has 0 atom stereocenters. The summed E-state index contributed by atoms with van der Waals surface area (Å²) in [6.45, 7) is 1.62. The first kappa shape index (κ1) is 28.6. The molecule has 0 aromatic heterocycles. The van der Waals surface area contributed by atoms with Crippen molar-refractivity contribution in [1.82, 2.24) is 0 Å². The summed E-state index contributed by atoms with van der Waals surface area (Å²) in [6, 6.07) is 52.4. The zero-order valence-corrected chi connectivity index (χ0v) is 24.5. The Hall–Kier alpha value is -5.48. The number of benzene rings is 6. The van der Waals surface area contributed by atoms with Crippen LogP contribution in [-0.4, -0.2) is 0 Å². The van der Waals surface area contributed by atoms with Gasteiger partial charge in [-0.1, -0.05) is 133 Å². The number of ether oxygens (including phenoxy) is 4. The molecular formula is C40H34O4. The molecule has 0 N–H and O–H groups in total. The Labute approximate surface area is 259 Å². The Kier molecular flexibility index (Phi) is 9.51. The van der Waals surface area contributed by atoms with Gasteiger partial charge in [-0.2, -0.15) is 0 Å². The second kappa shape index (κ2) is 14.6. The van der Waals surface area contributed by atoms with E-state index < -0.39 is 0 Å². The Balaban J connectivity index is 1.42. The fourth-order valence-corrected chi connectivity index (χ4v) is 4.94. The normalized spacial score (nSPS) is 10.6. The highest BCUT2D eigenvalue weighted by atomic mass is 16.5. The minimum Gasteiger partial charge on any atom is -0.488 e. The smallest absolute Gasteiger partial charge is 0.131 e. The molecule has 0 spiro atoms. The van der Waals surface area contributed by atoms with Crippen molar-refractivity contribution in [2.45, 2.75) is 26.4 Å². The molecule has 6 rings (SSSR count). The second-order valence-electron chi connectivity index (χ2n) is 10.4. The van der Waals surface area contributed by atoms with Crippen molar-refractivity contribution in [1.29, 1.82) is 0 Å². The van der Waals surface area contributed by atoms with E-state index in [0.29, 0.717) is 49.4 Å². The summed E-state index contributed by atoms with van der Waals surface area (Å²) >= 11 is 0. The van der Waals surface area contributed by atoms with E-state index in [-0.39, 0.29) is 0 Å². The summed E-state index contributed by atoms with van der Waals surface area (Å²) in [5, 5.41) is 0. The summed E-state index contributed by atoms with van der Waals surface area (Å²) in [7, 11) is 0. The Morgan fingerprint density at radius 2 is 0.477 bits per heavy atom. The van der Waals surface area contributed by atoms with Gasteiger partial charge in [0.2, 0.25) is 0 Å². The molecule has 0 unspecified atom stereocenters. The third-order valence-corrected chi connectivity index (χ3v) is 7.17. The summed E-state index contributed by atoms with van der Waals surface area (Å²) in [6.07, 6.45) is 0. The summed E-state index contributed by atoms with van der Waals surface area (Å²) in [4.78, 5) is 0. The number of hydrogen-bond acceptors (Lipinski definition) is 4. The van der Waals surface area contributed by atoms with Crippen molar-refractivity contribution in [2.75, 3.05) is 0 Å². The van der Waals surface area contributed by atoms with Gasteiger partial charge in [-0.05, 0) is 46.5 Å². The highest BCUT2D eigenvalue weighted by Crippen LogP contribution is 2.48. The zero-order valence-electron chi connectivity index (χ0n) is 24.5. The van der Waals surface area contributed by atoms with Crippen molar-refractivity contribution in [3.05, 3.63) is 180 Å². The largest absolute Gasteiger partial charge is 0.488 e. The van der Waals surface area contributed by atoms with Crippen molar-refractivity contribution >= 4 is 0 Å². The molecule has 0 saturated heterocycles. The molecule has 4 heteroatoms. The first-order valence-corrected chi connectivity index (χ1v) is 14.8. The Morgan fingerprint density at radius 3 is 0.705 bits per heavy atom. The van der Waals surface area contributed by atoms with E-state index >= 15 is 0 Å². The van der Waals surface area contributed by atoms with Gasteiger partial charge in [-0.3, -0.25) is 0 Å². The highest BCUT2D eigenvalue weighted by Gasteiger charge is 2.23. The molecule has 0 radical (unpaired) electrons. The van der Waals surface area contributed by atoms with Crippen LogP contribution in [0.3, 0.4) is 0 Å². The van der Waals surface area contributed by atoms with Crippen LogP contribution in [0.5, 0.6) is 23.0 Å². The molecule has 4 nitrogen and oxygen atoms in total. The molecule has 44 heavy (non-hydrogen) atoms. The molecule has 0 bridgehead atoms. The van der Waals surface area contributed by atoms with Crippen LogP contribution in [0.2, 0.25) is 0 Å². The van der Waals surface area contributed by atoms with Gasteiger partial charge in [0.25, 0.3) is 0 Å². The molecule has 0 heterocycles. The van der Waals surface area contributed by atoms with Gasteiger partial charge in [0.1, 0.15) is 49.4 Å². The minimum atomic E-state index is 0.406. The van der Waals surface area contributed by atoms with Crippen molar-refractivity contribution in [3.8, 4) is 34.1 Å². The van der Waals surface area contributed by atoms with E-state index in [1.54, 1.807) is 0 Å². The molecule has 0 saturated carbocycles. The maximum atomic E-state index is 6.51. The van der Waals surface area contributed by atoms with Crippen LogP contribution >= 0.6 is 0 Å². The molecule has 0 aliphatic heterocycles. The molecule has 6 aromatic rings. The van der Waals surface area contributed by atoms with E-state index in [1.165, 1.54) is 0 Å². The van der Waals surface area contributed by atoms with Crippen LogP contribution in [0.4, 0.5) is 0 Å². The van der Waals surface area contributed by atoms with Crippen LogP contribution < -0.4 is 18.9 Å². The van der Waals surface area contributed by atoms with Crippen molar-refractivity contribution in [2.24, 2.45) is 0 Å². The van der Waals surface area contributed by atoms with Gasteiger partial charge >= 0.3 is 0 Å². The average Bonchev–Trinajstić information content (AvgIpc) is 3.10. The molecule has 0 aliphatic carbocycles. The standard InChI is InChI=1S/C40H34O4/c1-5-15-31(16-6-1)27-41-35-23-13-24-36(42-28-32-17-7-2-8-18-32)39(35)40-37(43-29-33-19-9-3-10-20-33)25-14-26-38(40)44-30-34-21-11-4-12-22-34/h1-26H,27-30H2. The van der Waals surface area contributed by atoms with Crippen LogP contribution in [0.1, 0.15) is 22.3 Å². The molecular weight excluding hydrogens is 544 g/mol. The number of hydrogen-bond donors (Lipinski definition) is 0. The topological polar surface area (TPSA) is 36.9 Å². The monoisotopic (exact) mass is 578 g/mol. The lowest BCUT2D eigenvalue weighted by atomic mass is 10.0. The van der Waals surface area contributed by atoms with Crippen LogP contribution in [0.25, 0.3) is 11.1 Å². The lowest BCUT2D eigenvalue weighted by Crippen LogP contribution is -2.05. The van der Waals surface area contributed by atoms with E-state index in [0.717, 1.165) is 33.4 Å². The van der Waals surface area contributed by atoms with Crippen LogP contribution in [0, 0.1) is 0 Å². The van der Waals surface area contributed by atoms with Crippen LogP contribution in [0.15, 0.2) is 158 Å². The maximum absolute atomic E-state index is 6.51. The van der Waals surface area contributed by atoms with Gasteiger partial charge in [-0.15, -0.1) is 0 Å². The fraction of sp³-hybridized carbons (Fsp3) is 0.100. The molecule has 6 aromatic carbocycles. The van der Waals surface area contributed by atoms with Gasteiger partial charge < -0.3 is 18.9 Å². The molecule has 0 aliphatic rings. The van der Waals surface area contributed by atoms with Gasteiger partial charge in [0, 0.05) is 0 Å². The summed E-state index contributed by atoms with van der Waals surface area (Å²) in [5.74, 6) is 2.72. The fourth-order valence-electron chi connectivity index (χ4n) is 4.94. The zero-order chi connectivity index (χ0) is 29.8. The van der Waals surface area contributed by atoms with E-state index in [4.69, 9.17) is 18.9 Å². The minimum absolute atomic E-state index is 0.406. The SMILES string of the molecule is c1ccc(COc2cccc(OCc3ccccc3)c2-c2c(OCc3ccccc3)cccc2OCc2ccccc2)cc1. The van der Waals surface area contributed by atoms with E-state index in [1.807, 2.05) is 109 Å². The molecule has 0 fully saturated rings. The maximum Gasteiger partial charge on any atom is 0.131 e. The van der Waals surface area contributed by atoms with Gasteiger partial charge in [0.15, 0.2) is 0 Å². The lowest BCUT2D eigenvalue weighted by molar-refractivity contribution is 0.283. The first-order valence-electron chi connectivity index (χ1n) is 14.8. The van der Waals surface area contributed by atoms with E-state index in [2.05, 4.69) is 48.5 Å². The predicted molar refractivity (Wildman–Crippen MR) is 175 cm³/mol. The second-order valence-corrected chi connectivity index (χ2v) is 10.4. The number of rotatable bonds is 13. The summed E-state index contributed by atoms with van der Waals surface area (Å²) < 4.78 is 26.1. The Bertz CT molecular complexity index is 1480.